The molecule has 1 saturated heterocycles. The van der Waals surface area contributed by atoms with Gasteiger partial charge in [0.1, 0.15) is 11.5 Å². The number of nitro benzene ring substituents is 1. The van der Waals surface area contributed by atoms with Crippen molar-refractivity contribution in [1.29, 1.82) is 0 Å². The van der Waals surface area contributed by atoms with Crippen molar-refractivity contribution >= 4 is 27.2 Å². The molecule has 0 bridgehead atoms. The maximum atomic E-state index is 11.9. The lowest BCUT2D eigenvalue weighted by Crippen LogP contribution is -2.47. The van der Waals surface area contributed by atoms with E-state index in [0.717, 1.165) is 11.9 Å². The summed E-state index contributed by atoms with van der Waals surface area (Å²) >= 11 is 0. The molecular weight excluding hydrogens is 358 g/mol. The molecule has 2 heterocycles. The van der Waals surface area contributed by atoms with Gasteiger partial charge in [0.15, 0.2) is 0 Å². The molecule has 2 aromatic rings. The summed E-state index contributed by atoms with van der Waals surface area (Å²) in [6.07, 6.45) is 1.73. The number of benzene rings is 1. The molecule has 1 aromatic heterocycles. The fourth-order valence-electron chi connectivity index (χ4n) is 2.92. The molecule has 0 unspecified atom stereocenters. The molecule has 3 rings (SSSR count). The summed E-state index contributed by atoms with van der Waals surface area (Å²) in [6.45, 7) is 2.50. The molecular formula is C16H19N5O4S. The third kappa shape index (κ3) is 3.60. The zero-order valence-electron chi connectivity index (χ0n) is 14.2. The number of hydrogen-bond donors (Lipinski definition) is 1. The standard InChI is InChI=1S/C16H19N5O4S/c1-17-26(24,25)13-5-6-14(15(12-13)21(22)23)19-8-10-20(11-9-19)16-4-2-3-7-18-16/h2-7,12,17H,8-11H2,1H3. The molecule has 26 heavy (non-hydrogen) atoms. The van der Waals surface area contributed by atoms with Crippen LogP contribution in [-0.4, -0.2) is 51.6 Å². The summed E-state index contributed by atoms with van der Waals surface area (Å²) in [5.41, 5.74) is 0.207. The average Bonchev–Trinajstić information content (AvgIpc) is 2.68. The molecule has 10 heteroatoms. The molecule has 1 aliphatic heterocycles. The van der Waals surface area contributed by atoms with Gasteiger partial charge in [-0.25, -0.2) is 18.1 Å². The Bertz CT molecular complexity index is 896. The second-order valence-corrected chi connectivity index (χ2v) is 7.66. The first kappa shape index (κ1) is 18.1. The predicted octanol–water partition coefficient (Wildman–Crippen LogP) is 1.22. The number of nitrogens with one attached hydrogen (secondary N) is 1. The van der Waals surface area contributed by atoms with E-state index in [2.05, 4.69) is 14.6 Å². The van der Waals surface area contributed by atoms with Crippen LogP contribution in [0.1, 0.15) is 0 Å². The fourth-order valence-corrected chi connectivity index (χ4v) is 3.67. The van der Waals surface area contributed by atoms with Crippen molar-refractivity contribution in [1.82, 2.24) is 9.71 Å². The van der Waals surface area contributed by atoms with Crippen molar-refractivity contribution in [2.45, 2.75) is 4.90 Å². The Labute approximate surface area is 151 Å². The van der Waals surface area contributed by atoms with Crippen molar-refractivity contribution in [3.63, 3.8) is 0 Å². The van der Waals surface area contributed by atoms with Gasteiger partial charge in [0, 0.05) is 38.4 Å². The quantitative estimate of drug-likeness (QED) is 0.616. The maximum absolute atomic E-state index is 11.9. The Hall–Kier alpha value is -2.72. The zero-order valence-corrected chi connectivity index (χ0v) is 15.0. The minimum Gasteiger partial charge on any atom is -0.362 e. The van der Waals surface area contributed by atoms with Crippen LogP contribution in [0, 0.1) is 10.1 Å². The normalized spacial score (nSPS) is 15.1. The van der Waals surface area contributed by atoms with Gasteiger partial charge >= 0.3 is 0 Å². The van der Waals surface area contributed by atoms with Crippen molar-refractivity contribution < 1.29 is 13.3 Å². The van der Waals surface area contributed by atoms with Crippen LogP contribution in [0.2, 0.25) is 0 Å². The van der Waals surface area contributed by atoms with Crippen LogP contribution in [0.15, 0.2) is 47.5 Å². The van der Waals surface area contributed by atoms with Gasteiger partial charge in [-0.15, -0.1) is 0 Å². The summed E-state index contributed by atoms with van der Waals surface area (Å²) in [7, 11) is -2.47. The van der Waals surface area contributed by atoms with Gasteiger partial charge in [-0.05, 0) is 31.3 Å². The van der Waals surface area contributed by atoms with Gasteiger partial charge in [-0.1, -0.05) is 6.07 Å². The van der Waals surface area contributed by atoms with Gasteiger partial charge in [0.2, 0.25) is 10.0 Å². The van der Waals surface area contributed by atoms with Crippen LogP contribution in [0.25, 0.3) is 0 Å². The van der Waals surface area contributed by atoms with Crippen molar-refractivity contribution in [2.75, 3.05) is 43.0 Å². The number of hydrogen-bond acceptors (Lipinski definition) is 7. The average molecular weight is 377 g/mol. The molecule has 0 amide bonds. The third-order valence-electron chi connectivity index (χ3n) is 4.32. The van der Waals surface area contributed by atoms with E-state index in [0.29, 0.717) is 31.9 Å². The highest BCUT2D eigenvalue weighted by Crippen LogP contribution is 2.31. The lowest BCUT2D eigenvalue weighted by molar-refractivity contribution is -0.384. The van der Waals surface area contributed by atoms with Crippen LogP contribution < -0.4 is 14.5 Å². The summed E-state index contributed by atoms with van der Waals surface area (Å²) in [4.78, 5) is 19.1. The Kier molecular flexibility index (Phi) is 5.05. The van der Waals surface area contributed by atoms with Crippen molar-refractivity contribution in [3.05, 3.63) is 52.7 Å². The first-order valence-electron chi connectivity index (χ1n) is 8.05. The molecule has 0 radical (unpaired) electrons. The minimum atomic E-state index is -3.74. The number of rotatable bonds is 5. The van der Waals surface area contributed by atoms with E-state index in [-0.39, 0.29) is 10.6 Å². The number of nitrogens with zero attached hydrogens (tertiary/aromatic N) is 4. The van der Waals surface area contributed by atoms with Crippen molar-refractivity contribution in [2.24, 2.45) is 0 Å². The molecule has 1 aromatic carbocycles. The van der Waals surface area contributed by atoms with Crippen LogP contribution in [-0.2, 0) is 10.0 Å². The Morgan fingerprint density at radius 1 is 1.12 bits per heavy atom. The topological polar surface area (TPSA) is 109 Å². The minimum absolute atomic E-state index is 0.123. The molecule has 1 fully saturated rings. The smallest absolute Gasteiger partial charge is 0.293 e. The van der Waals surface area contributed by atoms with Crippen LogP contribution >= 0.6 is 0 Å². The number of nitro groups is 1. The maximum Gasteiger partial charge on any atom is 0.293 e. The Balaban J connectivity index is 1.83. The second-order valence-electron chi connectivity index (χ2n) is 5.78. The first-order chi connectivity index (χ1) is 12.4. The van der Waals surface area contributed by atoms with Gasteiger partial charge in [-0.2, -0.15) is 0 Å². The second kappa shape index (κ2) is 7.26. The highest BCUT2D eigenvalue weighted by atomic mass is 32.2. The number of anilines is 2. The number of sulfonamides is 1. The SMILES string of the molecule is CNS(=O)(=O)c1ccc(N2CCN(c3ccccn3)CC2)c([N+](=O)[O-])c1. The fraction of sp³-hybridized carbons (Fsp3) is 0.312. The number of piperazine rings is 1. The number of aromatic nitrogens is 1. The monoisotopic (exact) mass is 377 g/mol. The summed E-state index contributed by atoms with van der Waals surface area (Å²) < 4.78 is 26.0. The summed E-state index contributed by atoms with van der Waals surface area (Å²) in [6, 6.07) is 9.68. The van der Waals surface area contributed by atoms with E-state index < -0.39 is 14.9 Å². The molecule has 0 spiro atoms. The van der Waals surface area contributed by atoms with Gasteiger partial charge in [0.25, 0.3) is 5.69 Å². The number of pyridine rings is 1. The predicted molar refractivity (Wildman–Crippen MR) is 98.0 cm³/mol. The lowest BCUT2D eigenvalue weighted by Gasteiger charge is -2.36. The molecule has 0 saturated carbocycles. The zero-order chi connectivity index (χ0) is 18.7. The Morgan fingerprint density at radius 3 is 2.38 bits per heavy atom. The van der Waals surface area contributed by atoms with Crippen LogP contribution in [0.5, 0.6) is 0 Å². The first-order valence-corrected chi connectivity index (χ1v) is 9.53. The molecule has 1 N–H and O–H groups in total. The lowest BCUT2D eigenvalue weighted by atomic mass is 10.2. The van der Waals surface area contributed by atoms with Crippen LogP contribution in [0.3, 0.4) is 0 Å². The van der Waals surface area contributed by atoms with E-state index in [1.54, 1.807) is 6.20 Å². The van der Waals surface area contributed by atoms with E-state index in [4.69, 9.17) is 0 Å². The van der Waals surface area contributed by atoms with E-state index in [9.17, 15) is 18.5 Å². The van der Waals surface area contributed by atoms with E-state index in [1.807, 2.05) is 23.1 Å². The molecule has 0 atom stereocenters. The highest BCUT2D eigenvalue weighted by molar-refractivity contribution is 7.89. The summed E-state index contributed by atoms with van der Waals surface area (Å²) in [5, 5.41) is 11.5. The van der Waals surface area contributed by atoms with E-state index >= 15 is 0 Å². The van der Waals surface area contributed by atoms with Gasteiger partial charge in [-0.3, -0.25) is 10.1 Å². The van der Waals surface area contributed by atoms with Gasteiger partial charge < -0.3 is 9.80 Å². The van der Waals surface area contributed by atoms with Gasteiger partial charge in [0.05, 0.1) is 9.82 Å². The van der Waals surface area contributed by atoms with E-state index in [1.165, 1.54) is 19.2 Å². The largest absolute Gasteiger partial charge is 0.362 e. The molecule has 138 valence electrons. The molecule has 1 aliphatic rings. The molecule has 9 nitrogen and oxygen atoms in total. The molecule has 0 aliphatic carbocycles. The van der Waals surface area contributed by atoms with Crippen LogP contribution in [0.4, 0.5) is 17.2 Å². The highest BCUT2D eigenvalue weighted by Gasteiger charge is 2.26. The third-order valence-corrected chi connectivity index (χ3v) is 5.73. The van der Waals surface area contributed by atoms with Crippen molar-refractivity contribution in [3.8, 4) is 0 Å². The Morgan fingerprint density at radius 2 is 1.81 bits per heavy atom. The summed E-state index contributed by atoms with van der Waals surface area (Å²) in [5.74, 6) is 0.872.